The van der Waals surface area contributed by atoms with Crippen LogP contribution in [0.25, 0.3) is 0 Å². The smallest absolute Gasteiger partial charge is 0.0935 e. The second kappa shape index (κ2) is 5.16. The molecule has 0 radical (unpaired) electrons. The van der Waals surface area contributed by atoms with Crippen LogP contribution in [0.4, 0.5) is 0 Å². The minimum Gasteiger partial charge on any atom is -0.472 e. The van der Waals surface area contributed by atoms with Crippen LogP contribution in [-0.4, -0.2) is 9.78 Å². The first-order valence-corrected chi connectivity index (χ1v) is 5.74. The zero-order valence-corrected chi connectivity index (χ0v) is 10.2. The molecule has 0 amide bonds. The van der Waals surface area contributed by atoms with Gasteiger partial charge in [-0.2, -0.15) is 5.10 Å². The summed E-state index contributed by atoms with van der Waals surface area (Å²) in [5.41, 5.74) is 6.21. The predicted molar refractivity (Wildman–Crippen MR) is 65.1 cm³/mol. The maximum atomic E-state index is 5.64. The van der Waals surface area contributed by atoms with E-state index in [1.807, 2.05) is 24.0 Å². The number of nitrogens with two attached hydrogens (primary N) is 1. The lowest BCUT2D eigenvalue weighted by Gasteiger charge is -2.14. The molecule has 0 aliphatic rings. The van der Waals surface area contributed by atoms with Crippen LogP contribution in [0.1, 0.15) is 29.8 Å². The van der Waals surface area contributed by atoms with Crippen LogP contribution in [0.2, 0.25) is 0 Å². The first-order chi connectivity index (χ1) is 8.24. The van der Waals surface area contributed by atoms with Crippen molar-refractivity contribution in [2.45, 2.75) is 25.8 Å². The SMILES string of the molecule is CCc1nn(C)cc1C(Cc1ccoc1)NN. The van der Waals surface area contributed by atoms with Gasteiger partial charge in [-0.3, -0.25) is 16.0 Å². The summed E-state index contributed by atoms with van der Waals surface area (Å²) in [5, 5.41) is 4.42. The third-order valence-corrected chi connectivity index (χ3v) is 2.87. The highest BCUT2D eigenvalue weighted by atomic mass is 16.3. The molecule has 0 saturated heterocycles. The van der Waals surface area contributed by atoms with Gasteiger partial charge in [0.15, 0.2) is 0 Å². The molecule has 2 aromatic rings. The summed E-state index contributed by atoms with van der Waals surface area (Å²) < 4.78 is 6.90. The number of aromatic nitrogens is 2. The summed E-state index contributed by atoms with van der Waals surface area (Å²) in [6, 6.07) is 2.02. The maximum absolute atomic E-state index is 5.64. The highest BCUT2D eigenvalue weighted by molar-refractivity contribution is 5.24. The molecule has 3 N–H and O–H groups in total. The zero-order chi connectivity index (χ0) is 12.3. The van der Waals surface area contributed by atoms with E-state index in [4.69, 9.17) is 10.3 Å². The quantitative estimate of drug-likeness (QED) is 0.605. The number of nitrogens with zero attached hydrogens (tertiary/aromatic N) is 2. The summed E-state index contributed by atoms with van der Waals surface area (Å²) in [4.78, 5) is 0. The van der Waals surface area contributed by atoms with Crippen LogP contribution in [0.3, 0.4) is 0 Å². The van der Waals surface area contributed by atoms with Crippen molar-refractivity contribution < 1.29 is 4.42 Å². The van der Waals surface area contributed by atoms with Gasteiger partial charge in [0, 0.05) is 18.8 Å². The Balaban J connectivity index is 2.22. The first kappa shape index (κ1) is 11.9. The van der Waals surface area contributed by atoms with E-state index >= 15 is 0 Å². The molecule has 2 rings (SSSR count). The Labute approximate surface area is 101 Å². The van der Waals surface area contributed by atoms with Gasteiger partial charge in [-0.25, -0.2) is 0 Å². The highest BCUT2D eigenvalue weighted by Crippen LogP contribution is 2.21. The van der Waals surface area contributed by atoms with Crippen molar-refractivity contribution in [1.82, 2.24) is 15.2 Å². The van der Waals surface area contributed by atoms with Crippen LogP contribution in [0.15, 0.2) is 29.2 Å². The van der Waals surface area contributed by atoms with Gasteiger partial charge in [0.05, 0.1) is 24.3 Å². The Bertz CT molecular complexity index is 461. The first-order valence-electron chi connectivity index (χ1n) is 5.74. The Kier molecular flexibility index (Phi) is 3.61. The lowest BCUT2D eigenvalue weighted by Crippen LogP contribution is -2.29. The molecule has 0 saturated carbocycles. The summed E-state index contributed by atoms with van der Waals surface area (Å²) in [6.07, 6.45) is 7.13. The van der Waals surface area contributed by atoms with Gasteiger partial charge in [0.25, 0.3) is 0 Å². The molecule has 2 aromatic heterocycles. The van der Waals surface area contributed by atoms with E-state index in [0.29, 0.717) is 0 Å². The molecule has 0 aromatic carbocycles. The second-order valence-corrected chi connectivity index (χ2v) is 4.11. The van der Waals surface area contributed by atoms with Gasteiger partial charge in [-0.1, -0.05) is 6.92 Å². The Hall–Kier alpha value is -1.59. The Morgan fingerprint density at radius 2 is 2.41 bits per heavy atom. The number of nitrogens with one attached hydrogen (secondary N) is 1. The molecule has 92 valence electrons. The van der Waals surface area contributed by atoms with Crippen molar-refractivity contribution in [3.05, 3.63) is 41.6 Å². The van der Waals surface area contributed by atoms with Gasteiger partial charge in [-0.15, -0.1) is 0 Å². The van der Waals surface area contributed by atoms with E-state index in [1.54, 1.807) is 12.5 Å². The minimum absolute atomic E-state index is 0.0660. The van der Waals surface area contributed by atoms with Gasteiger partial charge >= 0.3 is 0 Å². The molecule has 0 aliphatic heterocycles. The maximum Gasteiger partial charge on any atom is 0.0935 e. The van der Waals surface area contributed by atoms with E-state index in [-0.39, 0.29) is 6.04 Å². The van der Waals surface area contributed by atoms with Crippen LogP contribution < -0.4 is 11.3 Å². The van der Waals surface area contributed by atoms with Gasteiger partial charge < -0.3 is 4.42 Å². The molecule has 0 fully saturated rings. The minimum atomic E-state index is 0.0660. The predicted octanol–water partition coefficient (Wildman–Crippen LogP) is 1.32. The number of rotatable bonds is 5. The van der Waals surface area contributed by atoms with E-state index in [9.17, 15) is 0 Å². The average molecular weight is 234 g/mol. The normalized spacial score (nSPS) is 12.9. The molecule has 1 unspecified atom stereocenters. The Morgan fingerprint density at radius 3 is 3.00 bits per heavy atom. The van der Waals surface area contributed by atoms with E-state index in [0.717, 1.165) is 29.7 Å². The van der Waals surface area contributed by atoms with E-state index < -0.39 is 0 Å². The molecular weight excluding hydrogens is 216 g/mol. The molecule has 1 atom stereocenters. The number of hydrogen-bond acceptors (Lipinski definition) is 4. The fraction of sp³-hybridized carbons (Fsp3) is 0.417. The molecule has 2 heterocycles. The van der Waals surface area contributed by atoms with Gasteiger partial charge in [0.1, 0.15) is 0 Å². The lowest BCUT2D eigenvalue weighted by molar-refractivity contribution is 0.533. The van der Waals surface area contributed by atoms with Gasteiger partial charge in [-0.05, 0) is 24.5 Å². The van der Waals surface area contributed by atoms with Gasteiger partial charge in [0.2, 0.25) is 0 Å². The third kappa shape index (κ3) is 2.57. The van der Waals surface area contributed by atoms with Crippen molar-refractivity contribution in [2.24, 2.45) is 12.9 Å². The van der Waals surface area contributed by atoms with Crippen molar-refractivity contribution in [3.8, 4) is 0 Å². The summed E-state index contributed by atoms with van der Waals surface area (Å²) in [5.74, 6) is 5.64. The van der Waals surface area contributed by atoms with Crippen molar-refractivity contribution in [3.63, 3.8) is 0 Å². The standard InChI is InChI=1S/C12H18N4O/c1-3-11-10(7-16(2)15-11)12(14-13)6-9-4-5-17-8-9/h4-5,7-8,12,14H,3,6,13H2,1-2H3. The third-order valence-electron chi connectivity index (χ3n) is 2.87. The topological polar surface area (TPSA) is 69.0 Å². The van der Waals surface area contributed by atoms with Crippen molar-refractivity contribution in [2.75, 3.05) is 0 Å². The summed E-state index contributed by atoms with van der Waals surface area (Å²) in [7, 11) is 1.92. The zero-order valence-electron chi connectivity index (χ0n) is 10.2. The second-order valence-electron chi connectivity index (χ2n) is 4.11. The molecule has 5 heteroatoms. The number of aryl methyl sites for hydroxylation is 2. The Morgan fingerprint density at radius 1 is 1.59 bits per heavy atom. The molecule has 17 heavy (non-hydrogen) atoms. The van der Waals surface area contributed by atoms with Crippen LogP contribution in [-0.2, 0) is 19.9 Å². The van der Waals surface area contributed by atoms with Crippen LogP contribution in [0.5, 0.6) is 0 Å². The van der Waals surface area contributed by atoms with Crippen molar-refractivity contribution >= 4 is 0 Å². The summed E-state index contributed by atoms with van der Waals surface area (Å²) >= 11 is 0. The number of hydrogen-bond donors (Lipinski definition) is 2. The lowest BCUT2D eigenvalue weighted by atomic mass is 10.0. The molecule has 0 bridgehead atoms. The number of hydrazine groups is 1. The highest BCUT2D eigenvalue weighted by Gasteiger charge is 2.17. The van der Waals surface area contributed by atoms with E-state index in [1.165, 1.54) is 0 Å². The van der Waals surface area contributed by atoms with E-state index in [2.05, 4.69) is 17.4 Å². The average Bonchev–Trinajstić information content (AvgIpc) is 2.94. The fourth-order valence-electron chi connectivity index (χ4n) is 2.02. The fourth-order valence-corrected chi connectivity index (χ4v) is 2.02. The monoisotopic (exact) mass is 234 g/mol. The van der Waals surface area contributed by atoms with Crippen LogP contribution >= 0.6 is 0 Å². The van der Waals surface area contributed by atoms with Crippen molar-refractivity contribution in [1.29, 1.82) is 0 Å². The molecule has 0 aliphatic carbocycles. The largest absolute Gasteiger partial charge is 0.472 e. The summed E-state index contributed by atoms with van der Waals surface area (Å²) in [6.45, 7) is 2.09. The number of furan rings is 1. The molecule has 5 nitrogen and oxygen atoms in total. The van der Waals surface area contributed by atoms with Crippen LogP contribution in [0, 0.1) is 0 Å². The molecular formula is C12H18N4O. The molecule has 0 spiro atoms.